The number of nitrogens with zero attached hydrogens (tertiary/aromatic N) is 2. The first-order valence-electron chi connectivity index (χ1n) is 1.93. The SMILES string of the molecule is O=C1CN=C[N]1[Zn]. The molecule has 0 N–H and O–H groups in total. The molecule has 7 heavy (non-hydrogen) atoms. The van der Waals surface area contributed by atoms with Crippen molar-refractivity contribution < 1.29 is 23.3 Å². The molecule has 0 bridgehead atoms. The molecule has 4 heteroatoms. The van der Waals surface area contributed by atoms with Gasteiger partial charge in [0.25, 0.3) is 0 Å². The predicted octanol–water partition coefficient (Wildman–Crippen LogP) is -0.681. The molecule has 1 heterocycles. The van der Waals surface area contributed by atoms with Gasteiger partial charge in [-0.1, -0.05) is 0 Å². The first-order valence-corrected chi connectivity index (χ1v) is 3.26. The van der Waals surface area contributed by atoms with Crippen molar-refractivity contribution in [2.75, 3.05) is 6.54 Å². The van der Waals surface area contributed by atoms with Crippen LogP contribution in [0.2, 0.25) is 0 Å². The summed E-state index contributed by atoms with van der Waals surface area (Å²) < 4.78 is 1.60. The molecule has 0 aromatic heterocycles. The summed E-state index contributed by atoms with van der Waals surface area (Å²) in [5.41, 5.74) is 0. The van der Waals surface area contributed by atoms with E-state index in [0.717, 1.165) is 18.5 Å². The molecule has 1 aliphatic rings. The van der Waals surface area contributed by atoms with Crippen LogP contribution in [0.1, 0.15) is 0 Å². The number of hydrogen-bond acceptors (Lipinski definition) is 2. The Morgan fingerprint density at radius 2 is 2.71 bits per heavy atom. The summed E-state index contributed by atoms with van der Waals surface area (Å²) in [4.78, 5) is 14.1. The van der Waals surface area contributed by atoms with E-state index in [9.17, 15) is 4.79 Å². The van der Waals surface area contributed by atoms with Gasteiger partial charge in [0.2, 0.25) is 0 Å². The molecular weight excluding hydrogens is 145 g/mol. The Morgan fingerprint density at radius 1 is 2.00 bits per heavy atom. The first kappa shape index (κ1) is 4.91. The summed E-state index contributed by atoms with van der Waals surface area (Å²) >= 11 is 0.863. The van der Waals surface area contributed by atoms with Gasteiger partial charge in [-0.05, 0) is 0 Å². The maximum atomic E-state index is 10.4. The number of aliphatic imine (C=N–C) groups is 1. The summed E-state index contributed by atoms with van der Waals surface area (Å²) in [5.74, 6) is 0.125. The molecule has 1 aliphatic heterocycles. The Balaban J connectivity index is 2.62. The Kier molecular flexibility index (Phi) is 1.19. The van der Waals surface area contributed by atoms with E-state index in [1.54, 1.807) is 9.98 Å². The van der Waals surface area contributed by atoms with Crippen LogP contribution in [0.3, 0.4) is 0 Å². The predicted molar refractivity (Wildman–Crippen MR) is 20.2 cm³/mol. The van der Waals surface area contributed by atoms with Gasteiger partial charge in [0.05, 0.1) is 0 Å². The Bertz CT molecular complexity index is 122. The van der Waals surface area contributed by atoms with E-state index >= 15 is 0 Å². The fourth-order valence-corrected chi connectivity index (χ4v) is 0.825. The summed E-state index contributed by atoms with van der Waals surface area (Å²) in [6.07, 6.45) is 1.59. The number of hydrogen-bond donors (Lipinski definition) is 0. The van der Waals surface area contributed by atoms with Crippen molar-refractivity contribution in [3.05, 3.63) is 0 Å². The zero-order valence-electron chi connectivity index (χ0n) is 3.79. The standard InChI is InChI=1S/C3H4N2O.Zn/c6-3-1-4-2-5-3;/h2H,1H2,(H,4,5,6);/q;+1/p-1. The summed E-state index contributed by atoms with van der Waals surface area (Å²) in [6, 6.07) is 0. The zero-order chi connectivity index (χ0) is 5.28. The second-order valence-electron chi connectivity index (χ2n) is 1.32. The molecule has 0 aromatic carbocycles. The van der Waals surface area contributed by atoms with Crippen LogP contribution in [0, 0.1) is 0 Å². The minimum atomic E-state index is 0.125. The van der Waals surface area contributed by atoms with Gasteiger partial charge in [-0.15, -0.1) is 0 Å². The van der Waals surface area contributed by atoms with Crippen molar-refractivity contribution in [2.24, 2.45) is 4.99 Å². The second-order valence-corrected chi connectivity index (χ2v) is 2.75. The van der Waals surface area contributed by atoms with Crippen LogP contribution < -0.4 is 0 Å². The van der Waals surface area contributed by atoms with Crippen LogP contribution in [-0.4, -0.2) is 22.4 Å². The third-order valence-electron chi connectivity index (χ3n) is 0.768. The molecule has 0 spiro atoms. The fraction of sp³-hybridized carbons (Fsp3) is 0.333. The molecule has 1 rings (SSSR count). The van der Waals surface area contributed by atoms with E-state index in [-0.39, 0.29) is 5.91 Å². The number of amides is 1. The maximum absolute atomic E-state index is 10.4. The average Bonchev–Trinajstić information content (AvgIpc) is 1.91. The molecule has 1 amide bonds. The molecule has 0 unspecified atom stereocenters. The molecule has 0 aromatic rings. The van der Waals surface area contributed by atoms with Crippen LogP contribution in [-0.2, 0) is 23.3 Å². The van der Waals surface area contributed by atoms with Crippen molar-refractivity contribution in [1.82, 2.24) is 3.64 Å². The van der Waals surface area contributed by atoms with Gasteiger partial charge in [-0.2, -0.15) is 0 Å². The molecular formula is C3H3N2OZn. The third-order valence-corrected chi connectivity index (χ3v) is 1.85. The average molecular weight is 148 g/mol. The number of rotatable bonds is 0. The van der Waals surface area contributed by atoms with E-state index in [0.29, 0.717) is 6.54 Å². The van der Waals surface area contributed by atoms with Crippen molar-refractivity contribution in [1.29, 1.82) is 0 Å². The Hall–Kier alpha value is -0.237. The van der Waals surface area contributed by atoms with Crippen molar-refractivity contribution in [3.8, 4) is 0 Å². The summed E-state index contributed by atoms with van der Waals surface area (Å²) in [5, 5.41) is 0. The molecule has 33 valence electrons. The molecule has 0 radical (unpaired) electrons. The van der Waals surface area contributed by atoms with Gasteiger partial charge in [-0.3, -0.25) is 0 Å². The number of carbonyl (C=O) groups is 1. The normalized spacial score (nSPS) is 19.1. The van der Waals surface area contributed by atoms with Gasteiger partial charge in [0.1, 0.15) is 0 Å². The van der Waals surface area contributed by atoms with Gasteiger partial charge < -0.3 is 0 Å². The van der Waals surface area contributed by atoms with E-state index in [2.05, 4.69) is 4.99 Å². The van der Waals surface area contributed by atoms with Gasteiger partial charge >= 0.3 is 50.8 Å². The zero-order valence-corrected chi connectivity index (χ0v) is 6.76. The van der Waals surface area contributed by atoms with Crippen molar-refractivity contribution in [2.45, 2.75) is 0 Å². The van der Waals surface area contributed by atoms with Crippen LogP contribution in [0.4, 0.5) is 0 Å². The molecule has 3 nitrogen and oxygen atoms in total. The van der Waals surface area contributed by atoms with E-state index in [1.165, 1.54) is 0 Å². The fourth-order valence-electron chi connectivity index (χ4n) is 0.373. The summed E-state index contributed by atoms with van der Waals surface area (Å²) in [7, 11) is 0. The number of carbonyl (C=O) groups excluding carboxylic acids is 1. The van der Waals surface area contributed by atoms with Gasteiger partial charge in [-0.25, -0.2) is 0 Å². The second kappa shape index (κ2) is 1.70. The first-order chi connectivity index (χ1) is 3.30. The minimum absolute atomic E-state index is 0.125. The molecule has 0 fully saturated rings. The quantitative estimate of drug-likeness (QED) is 0.419. The molecule has 0 saturated heterocycles. The monoisotopic (exact) mass is 147 g/mol. The van der Waals surface area contributed by atoms with E-state index in [1.807, 2.05) is 0 Å². The molecule has 0 aliphatic carbocycles. The van der Waals surface area contributed by atoms with Crippen LogP contribution in [0.25, 0.3) is 0 Å². The van der Waals surface area contributed by atoms with E-state index < -0.39 is 0 Å². The van der Waals surface area contributed by atoms with Crippen LogP contribution >= 0.6 is 0 Å². The topological polar surface area (TPSA) is 32.7 Å². The van der Waals surface area contributed by atoms with Crippen LogP contribution in [0.5, 0.6) is 0 Å². The van der Waals surface area contributed by atoms with Crippen molar-refractivity contribution in [3.63, 3.8) is 0 Å². The van der Waals surface area contributed by atoms with Gasteiger partial charge in [0.15, 0.2) is 0 Å². The third kappa shape index (κ3) is 0.856. The Morgan fingerprint density at radius 3 is 2.86 bits per heavy atom. The van der Waals surface area contributed by atoms with Gasteiger partial charge in [0, 0.05) is 0 Å². The van der Waals surface area contributed by atoms with Crippen LogP contribution in [0.15, 0.2) is 4.99 Å². The molecule has 0 saturated carbocycles. The summed E-state index contributed by atoms with van der Waals surface area (Å²) in [6.45, 7) is 0.361. The van der Waals surface area contributed by atoms with E-state index in [4.69, 9.17) is 0 Å². The Labute approximate surface area is 51.3 Å². The van der Waals surface area contributed by atoms with Crippen molar-refractivity contribution >= 4 is 12.2 Å². The molecule has 0 atom stereocenters.